The molecule has 2 aromatic carbocycles. The summed E-state index contributed by atoms with van der Waals surface area (Å²) in [5, 5.41) is 9.22. The van der Waals surface area contributed by atoms with Crippen LogP contribution in [0.5, 0.6) is 11.5 Å². The number of ether oxygens (including phenoxy) is 2. The second-order valence-electron chi connectivity index (χ2n) is 6.53. The number of aliphatic hydroxyl groups excluding tert-OH is 1. The zero-order valence-electron chi connectivity index (χ0n) is 16.6. The molecule has 7 heteroatoms. The Hall–Kier alpha value is -2.77. The van der Waals surface area contributed by atoms with Crippen molar-refractivity contribution in [2.75, 3.05) is 26.6 Å². The lowest BCUT2D eigenvalue weighted by molar-refractivity contribution is -0.137. The molecule has 29 heavy (non-hydrogen) atoms. The maximum absolute atomic E-state index is 13.2. The van der Waals surface area contributed by atoms with E-state index in [-0.39, 0.29) is 25.0 Å². The average Bonchev–Trinajstić information content (AvgIpc) is 2.97. The van der Waals surface area contributed by atoms with E-state index in [1.165, 1.54) is 30.9 Å². The molecule has 0 atom stereocenters. The first kappa shape index (κ1) is 21.0. The van der Waals surface area contributed by atoms with Crippen LogP contribution in [0.3, 0.4) is 0 Å². The van der Waals surface area contributed by atoms with Gasteiger partial charge >= 0.3 is 0 Å². The fourth-order valence-corrected chi connectivity index (χ4v) is 3.98. The molecule has 0 unspecified atom stereocenters. The van der Waals surface area contributed by atoms with Crippen LogP contribution in [0.4, 0.5) is 0 Å². The van der Waals surface area contributed by atoms with Crippen LogP contribution in [0.15, 0.2) is 47.4 Å². The van der Waals surface area contributed by atoms with Crippen molar-refractivity contribution in [2.45, 2.75) is 13.5 Å². The van der Waals surface area contributed by atoms with Crippen molar-refractivity contribution in [2.24, 2.45) is 0 Å². The van der Waals surface area contributed by atoms with E-state index >= 15 is 0 Å². The summed E-state index contributed by atoms with van der Waals surface area (Å²) in [6, 6.07) is 12.8. The van der Waals surface area contributed by atoms with Crippen molar-refractivity contribution in [3.05, 3.63) is 64.1 Å². The molecule has 1 N–H and O–H groups in total. The number of rotatable bonds is 8. The van der Waals surface area contributed by atoms with Crippen LogP contribution in [-0.2, 0) is 16.1 Å². The first-order chi connectivity index (χ1) is 14.0. The van der Waals surface area contributed by atoms with E-state index in [2.05, 4.69) is 0 Å². The number of imide groups is 1. The molecule has 0 spiro atoms. The maximum atomic E-state index is 13.2. The van der Waals surface area contributed by atoms with Crippen molar-refractivity contribution >= 4 is 29.1 Å². The Morgan fingerprint density at radius 3 is 2.28 bits per heavy atom. The van der Waals surface area contributed by atoms with Gasteiger partial charge in [-0.15, -0.1) is 11.8 Å². The Bertz CT molecular complexity index is 952. The highest BCUT2D eigenvalue weighted by Crippen LogP contribution is 2.39. The number of benzene rings is 2. The molecule has 0 aromatic heterocycles. The minimum absolute atomic E-state index is 0.0905. The fraction of sp³-hybridized carbons (Fsp3) is 0.273. The third-order valence-corrected chi connectivity index (χ3v) is 5.65. The van der Waals surface area contributed by atoms with Crippen LogP contribution in [0, 0.1) is 6.92 Å². The molecule has 1 aliphatic rings. The normalized spacial score (nSPS) is 14.0. The molecular weight excluding hydrogens is 390 g/mol. The summed E-state index contributed by atoms with van der Waals surface area (Å²) in [5.41, 5.74) is 2.88. The molecule has 0 aliphatic carbocycles. The van der Waals surface area contributed by atoms with Crippen LogP contribution in [0.1, 0.15) is 16.7 Å². The smallest absolute Gasteiger partial charge is 0.268 e. The van der Waals surface area contributed by atoms with Gasteiger partial charge in [0.15, 0.2) is 11.5 Å². The molecule has 1 heterocycles. The summed E-state index contributed by atoms with van der Waals surface area (Å²) in [6.07, 6.45) is 0. The monoisotopic (exact) mass is 413 g/mol. The van der Waals surface area contributed by atoms with Crippen LogP contribution in [0.25, 0.3) is 5.57 Å². The van der Waals surface area contributed by atoms with Gasteiger partial charge in [0.05, 0.1) is 37.8 Å². The molecule has 2 aromatic rings. The van der Waals surface area contributed by atoms with E-state index in [0.29, 0.717) is 33.3 Å². The van der Waals surface area contributed by atoms with E-state index < -0.39 is 0 Å². The Labute approximate surface area is 174 Å². The number of nitrogens with zero attached hydrogens (tertiary/aromatic N) is 1. The van der Waals surface area contributed by atoms with Crippen molar-refractivity contribution < 1.29 is 24.2 Å². The van der Waals surface area contributed by atoms with Gasteiger partial charge in [-0.05, 0) is 30.2 Å². The summed E-state index contributed by atoms with van der Waals surface area (Å²) >= 11 is 1.18. The molecule has 1 aliphatic heterocycles. The maximum Gasteiger partial charge on any atom is 0.268 e. The molecule has 0 saturated heterocycles. The summed E-state index contributed by atoms with van der Waals surface area (Å²) in [7, 11) is 3.05. The third kappa shape index (κ3) is 4.31. The molecule has 152 valence electrons. The first-order valence-corrected chi connectivity index (χ1v) is 10.1. The van der Waals surface area contributed by atoms with Gasteiger partial charge in [0.2, 0.25) is 0 Å². The van der Waals surface area contributed by atoms with E-state index in [9.17, 15) is 14.7 Å². The minimum Gasteiger partial charge on any atom is -0.493 e. The highest BCUT2D eigenvalue weighted by atomic mass is 32.2. The van der Waals surface area contributed by atoms with E-state index in [1.54, 1.807) is 18.2 Å². The lowest BCUT2D eigenvalue weighted by Gasteiger charge is -2.15. The zero-order chi connectivity index (χ0) is 21.0. The predicted octanol–water partition coefficient (Wildman–Crippen LogP) is 3.02. The highest BCUT2D eigenvalue weighted by Gasteiger charge is 2.39. The number of amides is 2. The lowest BCUT2D eigenvalue weighted by atomic mass is 10.1. The van der Waals surface area contributed by atoms with E-state index in [4.69, 9.17) is 9.47 Å². The Balaban J connectivity index is 1.99. The summed E-state index contributed by atoms with van der Waals surface area (Å²) in [6.45, 7) is 2.08. The quantitative estimate of drug-likeness (QED) is 0.671. The lowest BCUT2D eigenvalue weighted by Crippen LogP contribution is -2.31. The van der Waals surface area contributed by atoms with Crippen molar-refractivity contribution in [3.63, 3.8) is 0 Å². The number of hydrogen-bond acceptors (Lipinski definition) is 6. The average molecular weight is 413 g/mol. The van der Waals surface area contributed by atoms with Crippen LogP contribution < -0.4 is 9.47 Å². The molecule has 2 amide bonds. The second kappa shape index (κ2) is 9.15. The van der Waals surface area contributed by atoms with Gasteiger partial charge in [-0.25, -0.2) is 0 Å². The number of carbonyl (C=O) groups excluding carboxylic acids is 2. The molecule has 0 fully saturated rings. The summed E-state index contributed by atoms with van der Waals surface area (Å²) in [5.74, 6) is 0.627. The molecule has 0 saturated carbocycles. The number of thioether (sulfide) groups is 1. The Kier molecular flexibility index (Phi) is 6.61. The van der Waals surface area contributed by atoms with Gasteiger partial charge in [0, 0.05) is 5.75 Å². The topological polar surface area (TPSA) is 76.1 Å². The summed E-state index contributed by atoms with van der Waals surface area (Å²) in [4.78, 5) is 27.8. The van der Waals surface area contributed by atoms with Gasteiger partial charge in [-0.3, -0.25) is 14.5 Å². The van der Waals surface area contributed by atoms with Gasteiger partial charge in [0.1, 0.15) is 0 Å². The van der Waals surface area contributed by atoms with Crippen molar-refractivity contribution in [1.82, 2.24) is 4.90 Å². The van der Waals surface area contributed by atoms with Crippen LogP contribution in [-0.4, -0.2) is 48.4 Å². The predicted molar refractivity (Wildman–Crippen MR) is 113 cm³/mol. The second-order valence-corrected chi connectivity index (χ2v) is 7.63. The van der Waals surface area contributed by atoms with Crippen molar-refractivity contribution in [3.8, 4) is 11.5 Å². The number of hydrogen-bond donors (Lipinski definition) is 1. The largest absolute Gasteiger partial charge is 0.493 e. The van der Waals surface area contributed by atoms with E-state index in [1.807, 2.05) is 31.2 Å². The molecule has 6 nitrogen and oxygen atoms in total. The van der Waals surface area contributed by atoms with Crippen LogP contribution >= 0.6 is 11.8 Å². The van der Waals surface area contributed by atoms with Gasteiger partial charge in [-0.2, -0.15) is 0 Å². The Morgan fingerprint density at radius 2 is 1.66 bits per heavy atom. The third-order valence-electron chi connectivity index (χ3n) is 4.60. The van der Waals surface area contributed by atoms with Crippen molar-refractivity contribution in [1.29, 1.82) is 0 Å². The highest BCUT2D eigenvalue weighted by molar-refractivity contribution is 8.04. The fourth-order valence-electron chi connectivity index (χ4n) is 3.10. The molecule has 0 bridgehead atoms. The molecule has 3 rings (SSSR count). The molecular formula is C22H23NO5S. The van der Waals surface area contributed by atoms with Gasteiger partial charge < -0.3 is 14.6 Å². The number of aliphatic hydroxyl groups is 1. The van der Waals surface area contributed by atoms with Crippen LogP contribution in [0.2, 0.25) is 0 Å². The minimum atomic E-state index is -0.358. The first-order valence-electron chi connectivity index (χ1n) is 9.12. The standard InChI is InChI=1S/C22H23NO5S/c1-14-4-6-15(7-5-14)13-23-21(25)19(20(22(23)26)29-11-10-24)16-8-9-17(27-2)18(12-16)28-3/h4-9,12,24H,10-11,13H2,1-3H3. The molecule has 0 radical (unpaired) electrons. The van der Waals surface area contributed by atoms with E-state index in [0.717, 1.165) is 11.1 Å². The van der Waals surface area contributed by atoms with Gasteiger partial charge in [-0.1, -0.05) is 35.9 Å². The SMILES string of the molecule is COc1ccc(C2=C(SCCO)C(=O)N(Cc3ccc(C)cc3)C2=O)cc1OC. The number of methoxy groups -OCH3 is 2. The zero-order valence-corrected chi connectivity index (χ0v) is 17.4. The summed E-state index contributed by atoms with van der Waals surface area (Å²) < 4.78 is 10.6. The number of aryl methyl sites for hydroxylation is 1. The van der Waals surface area contributed by atoms with Gasteiger partial charge in [0.25, 0.3) is 11.8 Å². The number of carbonyl (C=O) groups is 2. The Morgan fingerprint density at radius 1 is 0.966 bits per heavy atom.